The van der Waals surface area contributed by atoms with Crippen LogP contribution < -0.4 is 15.8 Å². The molecule has 4 heteroatoms. The summed E-state index contributed by atoms with van der Waals surface area (Å²) >= 11 is 6.03. The van der Waals surface area contributed by atoms with Gasteiger partial charge in [0.05, 0.1) is 0 Å². The summed E-state index contributed by atoms with van der Waals surface area (Å²) < 4.78 is 6.32. The third kappa shape index (κ3) is 1.91. The Hall–Kier alpha value is -0.770. The van der Waals surface area contributed by atoms with Gasteiger partial charge in [-0.15, -0.1) is 0 Å². The molecule has 2 aliphatic rings. The van der Waals surface area contributed by atoms with Crippen LogP contribution in [0.2, 0.25) is 5.02 Å². The van der Waals surface area contributed by atoms with Crippen LogP contribution in [-0.4, -0.2) is 18.7 Å². The maximum absolute atomic E-state index is 6.32. The summed E-state index contributed by atoms with van der Waals surface area (Å²) in [6.45, 7) is 4.23. The zero-order valence-corrected chi connectivity index (χ0v) is 11.3. The van der Waals surface area contributed by atoms with Crippen molar-refractivity contribution in [1.82, 2.24) is 5.32 Å². The lowest BCUT2D eigenvalue weighted by Crippen LogP contribution is -2.55. The number of piperidine rings is 1. The van der Waals surface area contributed by atoms with Crippen LogP contribution in [0.3, 0.4) is 0 Å². The Kier molecular flexibility index (Phi) is 3.00. The molecule has 1 aromatic rings. The van der Waals surface area contributed by atoms with Crippen LogP contribution in [-0.2, 0) is 0 Å². The molecule has 3 nitrogen and oxygen atoms in total. The highest BCUT2D eigenvalue weighted by atomic mass is 35.5. The van der Waals surface area contributed by atoms with Crippen LogP contribution >= 0.6 is 11.6 Å². The molecule has 0 amide bonds. The molecule has 3 atom stereocenters. The highest BCUT2D eigenvalue weighted by Gasteiger charge is 2.45. The molecule has 18 heavy (non-hydrogen) atoms. The normalized spacial score (nSPS) is 35.1. The molecular formula is C14H19ClN2O. The van der Waals surface area contributed by atoms with E-state index in [1.165, 1.54) is 0 Å². The molecule has 1 fully saturated rings. The number of halogens is 1. The van der Waals surface area contributed by atoms with E-state index in [9.17, 15) is 0 Å². The Bertz CT molecular complexity index is 465. The van der Waals surface area contributed by atoms with Gasteiger partial charge < -0.3 is 15.8 Å². The first kappa shape index (κ1) is 12.3. The maximum Gasteiger partial charge on any atom is 0.125 e. The van der Waals surface area contributed by atoms with Gasteiger partial charge in [-0.3, -0.25) is 0 Å². The van der Waals surface area contributed by atoms with E-state index >= 15 is 0 Å². The summed E-state index contributed by atoms with van der Waals surface area (Å²) in [4.78, 5) is 0. The molecule has 3 N–H and O–H groups in total. The highest BCUT2D eigenvalue weighted by molar-refractivity contribution is 6.30. The average Bonchev–Trinajstić information content (AvgIpc) is 2.34. The zero-order valence-electron chi connectivity index (χ0n) is 10.6. The molecule has 0 saturated carbocycles. The largest absolute Gasteiger partial charge is 0.486 e. The van der Waals surface area contributed by atoms with E-state index in [1.807, 2.05) is 18.2 Å². The van der Waals surface area contributed by atoms with Crippen LogP contribution in [0.1, 0.15) is 31.4 Å². The van der Waals surface area contributed by atoms with Crippen LogP contribution in [0.4, 0.5) is 0 Å². The van der Waals surface area contributed by atoms with Crippen molar-refractivity contribution in [2.24, 2.45) is 11.7 Å². The number of rotatable bonds is 0. The first-order valence-electron chi connectivity index (χ1n) is 6.55. The minimum atomic E-state index is -0.106. The fraction of sp³-hybridized carbons (Fsp3) is 0.571. The van der Waals surface area contributed by atoms with Crippen molar-refractivity contribution in [3.8, 4) is 5.75 Å². The van der Waals surface area contributed by atoms with Crippen LogP contribution in [0.15, 0.2) is 18.2 Å². The summed E-state index contributed by atoms with van der Waals surface area (Å²) in [5, 5.41) is 4.14. The van der Waals surface area contributed by atoms with Gasteiger partial charge in [0.2, 0.25) is 0 Å². The number of nitrogens with one attached hydrogen (secondary N) is 1. The third-order valence-corrected chi connectivity index (χ3v) is 4.56. The molecular weight excluding hydrogens is 248 g/mol. The van der Waals surface area contributed by atoms with Crippen molar-refractivity contribution >= 4 is 11.6 Å². The van der Waals surface area contributed by atoms with E-state index in [2.05, 4.69) is 12.2 Å². The van der Waals surface area contributed by atoms with Crippen molar-refractivity contribution in [3.05, 3.63) is 28.8 Å². The van der Waals surface area contributed by atoms with E-state index in [0.717, 1.165) is 42.3 Å². The lowest BCUT2D eigenvalue weighted by Gasteiger charge is -2.47. The van der Waals surface area contributed by atoms with Gasteiger partial charge in [0.25, 0.3) is 0 Å². The van der Waals surface area contributed by atoms with Crippen molar-refractivity contribution < 1.29 is 4.74 Å². The highest BCUT2D eigenvalue weighted by Crippen LogP contribution is 2.45. The van der Waals surface area contributed by atoms with Gasteiger partial charge in [0.15, 0.2) is 0 Å². The van der Waals surface area contributed by atoms with Gasteiger partial charge in [0.1, 0.15) is 11.4 Å². The lowest BCUT2D eigenvalue weighted by molar-refractivity contribution is -0.0335. The SMILES string of the molecule is CC1CNCCC12C[C@@H](N)c1cc(Cl)ccc1O2. The molecule has 2 heterocycles. The fourth-order valence-electron chi connectivity index (χ4n) is 3.15. The Morgan fingerprint density at radius 2 is 2.33 bits per heavy atom. The molecule has 98 valence electrons. The minimum Gasteiger partial charge on any atom is -0.486 e. The van der Waals surface area contributed by atoms with E-state index in [1.54, 1.807) is 0 Å². The minimum absolute atomic E-state index is 0.0213. The molecule has 1 spiro atoms. The molecule has 1 saturated heterocycles. The fourth-order valence-corrected chi connectivity index (χ4v) is 3.33. The van der Waals surface area contributed by atoms with E-state index < -0.39 is 0 Å². The average molecular weight is 267 g/mol. The van der Waals surface area contributed by atoms with Crippen LogP contribution in [0.25, 0.3) is 0 Å². The Balaban J connectivity index is 1.98. The van der Waals surface area contributed by atoms with Crippen molar-refractivity contribution in [3.63, 3.8) is 0 Å². The topological polar surface area (TPSA) is 47.3 Å². The van der Waals surface area contributed by atoms with E-state index in [-0.39, 0.29) is 11.6 Å². The molecule has 2 unspecified atom stereocenters. The van der Waals surface area contributed by atoms with Crippen molar-refractivity contribution in [2.45, 2.75) is 31.4 Å². The summed E-state index contributed by atoms with van der Waals surface area (Å²) in [5.41, 5.74) is 7.26. The van der Waals surface area contributed by atoms with Crippen LogP contribution in [0.5, 0.6) is 5.75 Å². The number of benzene rings is 1. The number of ether oxygens (including phenoxy) is 1. The molecule has 0 bridgehead atoms. The molecule has 0 radical (unpaired) electrons. The van der Waals surface area contributed by atoms with Crippen LogP contribution in [0, 0.1) is 5.92 Å². The predicted molar refractivity (Wildman–Crippen MR) is 73.0 cm³/mol. The first-order chi connectivity index (χ1) is 8.61. The standard InChI is InChI=1S/C14H19ClN2O/c1-9-8-17-5-4-14(9)7-12(16)11-6-10(15)2-3-13(11)18-14/h2-3,6,9,12,17H,4-5,7-8,16H2,1H3/t9?,12-,14?/m1/s1. The third-order valence-electron chi connectivity index (χ3n) is 4.32. The second kappa shape index (κ2) is 4.41. The smallest absolute Gasteiger partial charge is 0.125 e. The van der Waals surface area contributed by atoms with Gasteiger partial charge in [-0.05, 0) is 31.2 Å². The Morgan fingerprint density at radius 1 is 1.50 bits per heavy atom. The molecule has 0 aliphatic carbocycles. The van der Waals surface area contributed by atoms with E-state index in [0.29, 0.717) is 5.92 Å². The van der Waals surface area contributed by atoms with Gasteiger partial charge in [-0.1, -0.05) is 18.5 Å². The molecule has 3 rings (SSSR count). The first-order valence-corrected chi connectivity index (χ1v) is 6.93. The van der Waals surface area contributed by atoms with Gasteiger partial charge in [0, 0.05) is 35.5 Å². The van der Waals surface area contributed by atoms with Crippen molar-refractivity contribution in [1.29, 1.82) is 0 Å². The number of hydrogen-bond acceptors (Lipinski definition) is 3. The number of hydrogen-bond donors (Lipinski definition) is 2. The van der Waals surface area contributed by atoms with Crippen molar-refractivity contribution in [2.75, 3.05) is 13.1 Å². The van der Waals surface area contributed by atoms with Gasteiger partial charge in [-0.25, -0.2) is 0 Å². The predicted octanol–water partition coefficient (Wildman–Crippen LogP) is 2.49. The summed E-state index contributed by atoms with van der Waals surface area (Å²) in [6.07, 6.45) is 1.90. The molecule has 2 aliphatic heterocycles. The quantitative estimate of drug-likeness (QED) is 0.759. The summed E-state index contributed by atoms with van der Waals surface area (Å²) in [7, 11) is 0. The summed E-state index contributed by atoms with van der Waals surface area (Å²) in [5.74, 6) is 1.38. The zero-order chi connectivity index (χ0) is 12.8. The number of nitrogens with two attached hydrogens (primary N) is 1. The second-order valence-corrected chi connectivity index (χ2v) is 5.95. The van der Waals surface area contributed by atoms with Gasteiger partial charge in [-0.2, -0.15) is 0 Å². The lowest BCUT2D eigenvalue weighted by atomic mass is 9.75. The molecule has 1 aromatic carbocycles. The Labute approximate surface area is 113 Å². The molecule has 0 aromatic heterocycles. The summed E-state index contributed by atoms with van der Waals surface area (Å²) in [6, 6.07) is 5.78. The monoisotopic (exact) mass is 266 g/mol. The Morgan fingerprint density at radius 3 is 3.11 bits per heavy atom. The number of fused-ring (bicyclic) bond motifs is 1. The second-order valence-electron chi connectivity index (χ2n) is 5.51. The van der Waals surface area contributed by atoms with Gasteiger partial charge >= 0.3 is 0 Å². The van der Waals surface area contributed by atoms with E-state index in [4.69, 9.17) is 22.1 Å². The maximum atomic E-state index is 6.32.